The number of piperidine rings is 1. The Labute approximate surface area is 205 Å². The number of nitrogens with zero attached hydrogens (tertiary/aromatic N) is 3. The molecule has 2 aromatic carbocycles. The molecule has 0 amide bonds. The molecule has 34 heavy (non-hydrogen) atoms. The number of aliphatic hydroxyl groups excluding tert-OH is 1. The first-order valence-electron chi connectivity index (χ1n) is 11.8. The van der Waals surface area contributed by atoms with Crippen LogP contribution in [0, 0.1) is 0 Å². The molecule has 1 saturated heterocycles. The Morgan fingerprint density at radius 1 is 1.03 bits per heavy atom. The summed E-state index contributed by atoms with van der Waals surface area (Å²) in [4.78, 5) is 8.81. The second kappa shape index (κ2) is 9.51. The van der Waals surface area contributed by atoms with Gasteiger partial charge in [-0.15, -0.1) is 0 Å². The molecule has 0 aliphatic carbocycles. The first-order valence-corrected chi connectivity index (χ1v) is 12.2. The molecule has 0 radical (unpaired) electrons. The molecule has 2 aliphatic heterocycles. The lowest BCUT2D eigenvalue weighted by atomic mass is 9.84. The molecule has 0 saturated carbocycles. The van der Waals surface area contributed by atoms with Crippen LogP contribution in [-0.2, 0) is 5.60 Å². The van der Waals surface area contributed by atoms with Crippen molar-refractivity contribution in [1.82, 2.24) is 9.88 Å². The van der Waals surface area contributed by atoms with E-state index in [1.807, 2.05) is 60.5 Å². The second-order valence-electron chi connectivity index (χ2n) is 9.23. The van der Waals surface area contributed by atoms with Gasteiger partial charge in [-0.05, 0) is 60.2 Å². The van der Waals surface area contributed by atoms with Crippen molar-refractivity contribution in [3.63, 3.8) is 0 Å². The van der Waals surface area contributed by atoms with Gasteiger partial charge in [0.15, 0.2) is 6.23 Å². The molecule has 3 heterocycles. The summed E-state index contributed by atoms with van der Waals surface area (Å²) in [6.07, 6.45) is 5.58. The van der Waals surface area contributed by atoms with E-state index in [1.165, 1.54) is 0 Å². The average molecular weight is 476 g/mol. The van der Waals surface area contributed by atoms with E-state index in [4.69, 9.17) is 11.6 Å². The number of pyridine rings is 1. The van der Waals surface area contributed by atoms with Crippen molar-refractivity contribution in [3.05, 3.63) is 100 Å². The van der Waals surface area contributed by atoms with Gasteiger partial charge in [-0.3, -0.25) is 0 Å². The summed E-state index contributed by atoms with van der Waals surface area (Å²) in [7, 11) is 1.88. The van der Waals surface area contributed by atoms with Gasteiger partial charge in [0.2, 0.25) is 0 Å². The average Bonchev–Trinajstić information content (AvgIpc) is 2.95. The van der Waals surface area contributed by atoms with Crippen LogP contribution in [0.1, 0.15) is 47.7 Å². The van der Waals surface area contributed by atoms with Crippen LogP contribution in [0.15, 0.2) is 72.9 Å². The first kappa shape index (κ1) is 23.1. The molecule has 1 unspecified atom stereocenters. The van der Waals surface area contributed by atoms with Crippen molar-refractivity contribution in [1.29, 1.82) is 0 Å². The Bertz CT molecular complexity index is 1130. The van der Waals surface area contributed by atoms with E-state index in [0.717, 1.165) is 59.7 Å². The fourth-order valence-corrected chi connectivity index (χ4v) is 5.26. The number of likely N-dealkylation sites (tertiary alicyclic amines) is 1. The minimum Gasteiger partial charge on any atom is -0.385 e. The Morgan fingerprint density at radius 3 is 2.50 bits per heavy atom. The quantitative estimate of drug-likeness (QED) is 0.557. The highest BCUT2D eigenvalue weighted by molar-refractivity contribution is 6.30. The van der Waals surface area contributed by atoms with Crippen LogP contribution >= 0.6 is 11.6 Å². The van der Waals surface area contributed by atoms with Crippen LogP contribution in [0.2, 0.25) is 5.02 Å². The van der Waals surface area contributed by atoms with Crippen LogP contribution < -0.4 is 4.90 Å². The van der Waals surface area contributed by atoms with Crippen molar-refractivity contribution in [3.8, 4) is 0 Å². The van der Waals surface area contributed by atoms with Gasteiger partial charge in [-0.25, -0.2) is 4.98 Å². The summed E-state index contributed by atoms with van der Waals surface area (Å²) in [5, 5.41) is 22.8. The van der Waals surface area contributed by atoms with E-state index in [1.54, 1.807) is 6.20 Å². The highest BCUT2D eigenvalue weighted by Gasteiger charge is 2.34. The molecule has 2 aliphatic rings. The van der Waals surface area contributed by atoms with Crippen LogP contribution in [0.4, 0.5) is 5.82 Å². The molecule has 5 nitrogen and oxygen atoms in total. The second-order valence-corrected chi connectivity index (χ2v) is 9.67. The Balaban J connectivity index is 1.33. The Hall–Kier alpha value is -2.70. The number of rotatable bonds is 4. The number of halogens is 1. The zero-order valence-electron chi connectivity index (χ0n) is 19.4. The van der Waals surface area contributed by atoms with Crippen molar-refractivity contribution >= 4 is 23.0 Å². The summed E-state index contributed by atoms with van der Waals surface area (Å²) in [6.45, 7) is 2.60. The topological polar surface area (TPSA) is 59.8 Å². The maximum atomic E-state index is 11.2. The molecule has 3 aromatic rings. The minimum absolute atomic E-state index is 0.688. The zero-order valence-corrected chi connectivity index (χ0v) is 20.1. The number of fused-ring (bicyclic) bond motifs is 2. The fourth-order valence-electron chi connectivity index (χ4n) is 5.13. The lowest BCUT2D eigenvalue weighted by molar-refractivity contribution is -0.0254. The fraction of sp³-hybridized carbons (Fsp3) is 0.321. The van der Waals surface area contributed by atoms with Crippen molar-refractivity contribution in [2.45, 2.75) is 31.1 Å². The maximum absolute atomic E-state index is 11.2. The third-order valence-corrected chi connectivity index (χ3v) is 7.42. The zero-order chi connectivity index (χ0) is 23.7. The number of hydrogen-bond acceptors (Lipinski definition) is 5. The van der Waals surface area contributed by atoms with Crippen molar-refractivity contribution < 1.29 is 10.2 Å². The number of hydrogen-bond donors (Lipinski definition) is 2. The maximum Gasteiger partial charge on any atom is 0.154 e. The van der Waals surface area contributed by atoms with Crippen LogP contribution in [0.25, 0.3) is 5.57 Å². The highest BCUT2D eigenvalue weighted by atomic mass is 35.5. The van der Waals surface area contributed by atoms with E-state index in [0.29, 0.717) is 17.9 Å². The van der Waals surface area contributed by atoms with Crippen LogP contribution in [0.3, 0.4) is 0 Å². The van der Waals surface area contributed by atoms with E-state index in [9.17, 15) is 10.2 Å². The largest absolute Gasteiger partial charge is 0.385 e. The predicted molar refractivity (Wildman–Crippen MR) is 137 cm³/mol. The van der Waals surface area contributed by atoms with Gasteiger partial charge in [0, 0.05) is 49.0 Å². The van der Waals surface area contributed by atoms with E-state index in [2.05, 4.69) is 28.1 Å². The molecule has 5 rings (SSSR count). The summed E-state index contributed by atoms with van der Waals surface area (Å²) in [6, 6.07) is 19.6. The smallest absolute Gasteiger partial charge is 0.154 e. The molecule has 1 fully saturated rings. The lowest BCUT2D eigenvalue weighted by Gasteiger charge is -2.38. The van der Waals surface area contributed by atoms with Crippen LogP contribution in [-0.4, -0.2) is 46.8 Å². The molecule has 1 atom stereocenters. The Morgan fingerprint density at radius 2 is 1.74 bits per heavy atom. The summed E-state index contributed by atoms with van der Waals surface area (Å²) < 4.78 is 0. The van der Waals surface area contributed by atoms with Gasteiger partial charge >= 0.3 is 0 Å². The molecule has 1 aromatic heterocycles. The number of anilines is 1. The third kappa shape index (κ3) is 4.37. The van der Waals surface area contributed by atoms with Gasteiger partial charge in [0.25, 0.3) is 0 Å². The molecule has 176 valence electrons. The molecular weight excluding hydrogens is 446 g/mol. The number of aliphatic hydroxyl groups is 2. The standard InChI is InChI=1S/C28H30ClN3O2/c1-31-26-24(8-4-16-30-26)22(23-6-2-3-7-25(23)27(31)33)9-5-17-32-18-14-28(34,15-19-32)20-10-12-21(29)13-11-20/h2-4,6-13,16,27,33-34H,5,14-15,17-19H2,1H3/b22-9-. The minimum atomic E-state index is -0.787. The van der Waals surface area contributed by atoms with Gasteiger partial charge in [-0.1, -0.05) is 54.1 Å². The number of benzene rings is 2. The summed E-state index contributed by atoms with van der Waals surface area (Å²) in [5.74, 6) is 0.781. The van der Waals surface area contributed by atoms with E-state index < -0.39 is 11.8 Å². The van der Waals surface area contributed by atoms with E-state index in [-0.39, 0.29) is 0 Å². The Kier molecular flexibility index (Phi) is 6.45. The summed E-state index contributed by atoms with van der Waals surface area (Å²) in [5.41, 5.74) is 4.23. The molecule has 2 N–H and O–H groups in total. The van der Waals surface area contributed by atoms with Crippen molar-refractivity contribution in [2.75, 3.05) is 31.6 Å². The molecule has 0 bridgehead atoms. The number of aromatic nitrogens is 1. The van der Waals surface area contributed by atoms with Crippen LogP contribution in [0.5, 0.6) is 0 Å². The van der Waals surface area contributed by atoms with Crippen molar-refractivity contribution in [2.24, 2.45) is 0 Å². The molecule has 0 spiro atoms. The summed E-state index contributed by atoms with van der Waals surface area (Å²) >= 11 is 6.01. The van der Waals surface area contributed by atoms with Gasteiger partial charge in [-0.2, -0.15) is 0 Å². The molecule has 6 heteroatoms. The van der Waals surface area contributed by atoms with Gasteiger partial charge < -0.3 is 20.0 Å². The van der Waals surface area contributed by atoms with Gasteiger partial charge in [0.1, 0.15) is 5.82 Å². The predicted octanol–water partition coefficient (Wildman–Crippen LogP) is 4.98. The normalized spacial score (nSPS) is 21.1. The van der Waals surface area contributed by atoms with Gasteiger partial charge in [0.05, 0.1) is 5.60 Å². The lowest BCUT2D eigenvalue weighted by Crippen LogP contribution is -2.42. The highest BCUT2D eigenvalue weighted by Crippen LogP contribution is 2.40. The first-order chi connectivity index (χ1) is 16.5. The third-order valence-electron chi connectivity index (χ3n) is 7.17. The SMILES string of the molecule is CN1c2ncccc2/C(=C\CCN2CCC(O)(c3ccc(Cl)cc3)CC2)c2ccccc2C1O. The van der Waals surface area contributed by atoms with E-state index >= 15 is 0 Å². The molecular formula is C28H30ClN3O2. The monoisotopic (exact) mass is 475 g/mol.